The molecule has 0 saturated carbocycles. The zero-order valence-corrected chi connectivity index (χ0v) is 9.33. The molecule has 0 aliphatic carbocycles. The highest BCUT2D eigenvalue weighted by Crippen LogP contribution is 2.06. The highest BCUT2D eigenvalue weighted by Gasteiger charge is 2.06. The molecule has 1 unspecified atom stereocenters. The second-order valence-corrected chi connectivity index (χ2v) is 4.56. The minimum Gasteiger partial charge on any atom is -0.394 e. The molecule has 2 atom stereocenters. The predicted octanol–water partition coefficient (Wildman–Crippen LogP) is -0.0396. The Morgan fingerprint density at radius 1 is 1.40 bits per heavy atom. The van der Waals surface area contributed by atoms with Crippen molar-refractivity contribution in [3.63, 3.8) is 0 Å². The van der Waals surface area contributed by atoms with Crippen LogP contribution in [0.1, 0.15) is 5.56 Å². The minimum atomic E-state index is -1.33. The lowest BCUT2D eigenvalue weighted by Crippen LogP contribution is -2.30. The Kier molecular flexibility index (Phi) is 4.90. The predicted molar refractivity (Wildman–Crippen MR) is 58.7 cm³/mol. The molecule has 0 amide bonds. The molecule has 0 heterocycles. The van der Waals surface area contributed by atoms with E-state index in [1.807, 2.05) is 19.1 Å². The third-order valence-corrected chi connectivity index (χ3v) is 3.03. The van der Waals surface area contributed by atoms with E-state index in [1.54, 1.807) is 12.1 Å². The Morgan fingerprint density at radius 3 is 2.53 bits per heavy atom. The fraction of sp³-hybridized carbons (Fsp3) is 0.400. The van der Waals surface area contributed by atoms with Gasteiger partial charge in [-0.15, -0.1) is 0 Å². The normalized spacial score (nSPS) is 14.9. The van der Waals surface area contributed by atoms with Crippen LogP contribution >= 0.6 is 0 Å². The maximum Gasteiger partial charge on any atom is 0.124 e. The van der Waals surface area contributed by atoms with Gasteiger partial charge in [-0.2, -0.15) is 0 Å². The molecule has 0 saturated heterocycles. The largest absolute Gasteiger partial charge is 0.394 e. The molecule has 0 radical (unpaired) electrons. The summed E-state index contributed by atoms with van der Waals surface area (Å²) in [4.78, 5) is 0.658. The number of nitrogens with one attached hydrogen (secondary N) is 1. The summed E-state index contributed by atoms with van der Waals surface area (Å²) in [6.07, 6.45) is -0.876. The lowest BCUT2D eigenvalue weighted by Gasteiger charge is -2.08. The molecule has 1 rings (SSSR count). The summed E-state index contributed by atoms with van der Waals surface area (Å²) >= 11 is 0. The van der Waals surface area contributed by atoms with Crippen LogP contribution in [0.15, 0.2) is 29.2 Å². The van der Waals surface area contributed by atoms with Gasteiger partial charge in [-0.1, -0.05) is 17.7 Å². The number of rotatable bonds is 5. The van der Waals surface area contributed by atoms with Crippen molar-refractivity contribution in [2.45, 2.75) is 17.9 Å². The van der Waals surface area contributed by atoms with E-state index in [2.05, 4.69) is 4.72 Å². The van der Waals surface area contributed by atoms with E-state index >= 15 is 0 Å². The van der Waals surface area contributed by atoms with E-state index < -0.39 is 17.1 Å². The molecule has 1 aromatic carbocycles. The van der Waals surface area contributed by atoms with Crippen LogP contribution in [0.2, 0.25) is 0 Å². The second kappa shape index (κ2) is 5.97. The van der Waals surface area contributed by atoms with Gasteiger partial charge in [0.2, 0.25) is 0 Å². The van der Waals surface area contributed by atoms with Crippen LogP contribution in [-0.2, 0) is 11.0 Å². The summed E-state index contributed by atoms with van der Waals surface area (Å²) in [6.45, 7) is 1.73. The number of hydrogen-bond donors (Lipinski definition) is 3. The van der Waals surface area contributed by atoms with Crippen LogP contribution in [0.3, 0.4) is 0 Å². The SMILES string of the molecule is Cc1ccc(S(=O)NC[C@H](O)CO)cc1. The molecule has 0 aliphatic heterocycles. The Bertz CT molecular complexity index is 326. The van der Waals surface area contributed by atoms with E-state index in [0.717, 1.165) is 5.56 Å². The van der Waals surface area contributed by atoms with Crippen LogP contribution in [0.25, 0.3) is 0 Å². The van der Waals surface area contributed by atoms with Gasteiger partial charge >= 0.3 is 0 Å². The molecule has 0 spiro atoms. The van der Waals surface area contributed by atoms with Crippen molar-refractivity contribution in [2.75, 3.05) is 13.2 Å². The molecule has 0 fully saturated rings. The first kappa shape index (κ1) is 12.3. The molecular weight excluding hydrogens is 214 g/mol. The third-order valence-electron chi connectivity index (χ3n) is 1.90. The topological polar surface area (TPSA) is 69.6 Å². The molecule has 1 aromatic rings. The fourth-order valence-corrected chi connectivity index (χ4v) is 1.88. The van der Waals surface area contributed by atoms with Gasteiger partial charge in [0.1, 0.15) is 11.0 Å². The highest BCUT2D eigenvalue weighted by molar-refractivity contribution is 7.83. The first-order valence-corrected chi connectivity index (χ1v) is 5.79. The molecule has 4 nitrogen and oxygen atoms in total. The Hall–Kier alpha value is -0.750. The molecule has 15 heavy (non-hydrogen) atoms. The van der Waals surface area contributed by atoms with Gasteiger partial charge < -0.3 is 10.2 Å². The van der Waals surface area contributed by atoms with Crippen molar-refractivity contribution in [1.29, 1.82) is 0 Å². The van der Waals surface area contributed by atoms with Gasteiger partial charge in [0.15, 0.2) is 0 Å². The summed E-state index contributed by atoms with van der Waals surface area (Å²) in [5.74, 6) is 0. The monoisotopic (exact) mass is 229 g/mol. The van der Waals surface area contributed by atoms with E-state index in [9.17, 15) is 4.21 Å². The maximum atomic E-state index is 11.6. The summed E-state index contributed by atoms with van der Waals surface area (Å²) in [5.41, 5.74) is 1.10. The number of benzene rings is 1. The van der Waals surface area contributed by atoms with Crippen LogP contribution < -0.4 is 4.72 Å². The molecule has 3 N–H and O–H groups in total. The molecule has 5 heteroatoms. The summed E-state index contributed by atoms with van der Waals surface area (Å²) < 4.78 is 14.2. The minimum absolute atomic E-state index is 0.108. The Labute approximate surface area is 91.5 Å². The van der Waals surface area contributed by atoms with Crippen molar-refractivity contribution in [3.8, 4) is 0 Å². The summed E-state index contributed by atoms with van der Waals surface area (Å²) in [6, 6.07) is 7.28. The molecular formula is C10H15NO3S. The lowest BCUT2D eigenvalue weighted by molar-refractivity contribution is 0.0991. The lowest BCUT2D eigenvalue weighted by atomic mass is 10.2. The van der Waals surface area contributed by atoms with Crippen molar-refractivity contribution < 1.29 is 14.4 Å². The van der Waals surface area contributed by atoms with Crippen LogP contribution in [-0.4, -0.2) is 33.7 Å². The van der Waals surface area contributed by atoms with Crippen molar-refractivity contribution in [3.05, 3.63) is 29.8 Å². The zero-order valence-electron chi connectivity index (χ0n) is 8.51. The first-order valence-electron chi connectivity index (χ1n) is 4.64. The molecule has 84 valence electrons. The van der Waals surface area contributed by atoms with E-state index in [-0.39, 0.29) is 13.2 Å². The van der Waals surface area contributed by atoms with Gasteiger partial charge in [-0.05, 0) is 19.1 Å². The van der Waals surface area contributed by atoms with Crippen molar-refractivity contribution in [2.24, 2.45) is 0 Å². The smallest absolute Gasteiger partial charge is 0.124 e. The number of aliphatic hydroxyl groups is 2. The maximum absolute atomic E-state index is 11.6. The fourth-order valence-electron chi connectivity index (χ4n) is 0.982. The number of aliphatic hydroxyl groups excluding tert-OH is 2. The Balaban J connectivity index is 2.50. The first-order chi connectivity index (χ1) is 7.13. The van der Waals surface area contributed by atoms with E-state index in [0.29, 0.717) is 4.90 Å². The van der Waals surface area contributed by atoms with Gasteiger partial charge in [0, 0.05) is 6.54 Å². The number of aryl methyl sites for hydroxylation is 1. The standard InChI is InChI=1S/C10H15NO3S/c1-8-2-4-10(5-3-8)15(14)11-6-9(13)7-12/h2-5,9,11-13H,6-7H2,1H3/t9-,15?/m0/s1. The zero-order chi connectivity index (χ0) is 11.3. The average molecular weight is 229 g/mol. The molecule has 0 bridgehead atoms. The Morgan fingerprint density at radius 2 is 2.00 bits per heavy atom. The van der Waals surface area contributed by atoms with E-state index in [4.69, 9.17) is 10.2 Å². The average Bonchev–Trinajstić information content (AvgIpc) is 2.26. The highest BCUT2D eigenvalue weighted by atomic mass is 32.2. The number of hydrogen-bond acceptors (Lipinski definition) is 3. The van der Waals surface area contributed by atoms with Crippen LogP contribution in [0, 0.1) is 6.92 Å². The van der Waals surface area contributed by atoms with Gasteiger partial charge in [-0.3, -0.25) is 0 Å². The van der Waals surface area contributed by atoms with Crippen LogP contribution in [0.5, 0.6) is 0 Å². The van der Waals surface area contributed by atoms with Gasteiger partial charge in [0.25, 0.3) is 0 Å². The second-order valence-electron chi connectivity index (χ2n) is 3.27. The van der Waals surface area contributed by atoms with E-state index in [1.165, 1.54) is 0 Å². The van der Waals surface area contributed by atoms with Crippen LogP contribution in [0.4, 0.5) is 0 Å². The molecule has 0 aromatic heterocycles. The molecule has 0 aliphatic rings. The van der Waals surface area contributed by atoms with Gasteiger partial charge in [-0.25, -0.2) is 8.93 Å². The van der Waals surface area contributed by atoms with Crippen molar-refractivity contribution >= 4 is 11.0 Å². The summed E-state index contributed by atoms with van der Waals surface area (Å²) in [5, 5.41) is 17.6. The quantitative estimate of drug-likeness (QED) is 0.663. The van der Waals surface area contributed by atoms with Gasteiger partial charge in [0.05, 0.1) is 17.6 Å². The third kappa shape index (κ3) is 4.09. The van der Waals surface area contributed by atoms with Crippen molar-refractivity contribution in [1.82, 2.24) is 4.72 Å². The summed E-state index contributed by atoms with van der Waals surface area (Å²) in [7, 11) is -1.33.